The molecule has 0 saturated heterocycles. The lowest BCUT2D eigenvalue weighted by molar-refractivity contribution is -0.134. The molecule has 4 rings (SSSR count). The Morgan fingerprint density at radius 1 is 1.09 bits per heavy atom. The fourth-order valence-corrected chi connectivity index (χ4v) is 3.92. The van der Waals surface area contributed by atoms with Gasteiger partial charge in [-0.2, -0.15) is 4.98 Å². The Morgan fingerprint density at radius 3 is 2.59 bits per heavy atom. The van der Waals surface area contributed by atoms with Crippen molar-refractivity contribution < 1.29 is 23.8 Å². The van der Waals surface area contributed by atoms with Crippen molar-refractivity contribution in [2.45, 2.75) is 38.1 Å². The molecule has 1 atom stereocenters. The lowest BCUT2D eigenvalue weighted by atomic mass is 10.1. The maximum Gasteiger partial charge on any atom is 0.311 e. The number of ether oxygens (including phenoxy) is 3. The van der Waals surface area contributed by atoms with Crippen LogP contribution in [0, 0.1) is 0 Å². The molecule has 0 N–H and O–H groups in total. The van der Waals surface area contributed by atoms with E-state index in [9.17, 15) is 9.59 Å². The van der Waals surface area contributed by atoms with E-state index in [0.717, 1.165) is 0 Å². The summed E-state index contributed by atoms with van der Waals surface area (Å²) in [7, 11) is 1.48. The predicted molar refractivity (Wildman–Crippen MR) is 127 cm³/mol. The highest BCUT2D eigenvalue weighted by atomic mass is 32.2. The zero-order valence-corrected chi connectivity index (χ0v) is 20.1. The molecule has 9 nitrogen and oxygen atoms in total. The molecular formula is C24H24N4O5S. The molecule has 0 aliphatic carbocycles. The van der Waals surface area contributed by atoms with Crippen LogP contribution in [0.25, 0.3) is 11.3 Å². The fraction of sp³-hybridized carbons (Fsp3) is 0.292. The molecule has 176 valence electrons. The van der Waals surface area contributed by atoms with Crippen LogP contribution in [0.3, 0.4) is 0 Å². The van der Waals surface area contributed by atoms with Crippen molar-refractivity contribution in [3.05, 3.63) is 48.0 Å². The number of thioether (sulfide) groups is 1. The van der Waals surface area contributed by atoms with E-state index in [1.165, 1.54) is 23.8 Å². The molecule has 2 heterocycles. The van der Waals surface area contributed by atoms with E-state index < -0.39 is 12.2 Å². The third-order valence-corrected chi connectivity index (χ3v) is 5.80. The van der Waals surface area contributed by atoms with E-state index in [4.69, 9.17) is 14.2 Å². The molecule has 3 aromatic rings. The van der Waals surface area contributed by atoms with Gasteiger partial charge >= 0.3 is 5.97 Å². The molecular weight excluding hydrogens is 456 g/mol. The zero-order valence-electron chi connectivity index (χ0n) is 19.3. The van der Waals surface area contributed by atoms with E-state index >= 15 is 0 Å². The van der Waals surface area contributed by atoms with Crippen LogP contribution < -0.4 is 19.1 Å². The van der Waals surface area contributed by atoms with Gasteiger partial charge in [-0.15, -0.1) is 10.2 Å². The van der Waals surface area contributed by atoms with Crippen molar-refractivity contribution in [1.29, 1.82) is 0 Å². The fourth-order valence-electron chi connectivity index (χ4n) is 3.63. The van der Waals surface area contributed by atoms with Gasteiger partial charge in [0.1, 0.15) is 0 Å². The van der Waals surface area contributed by atoms with Crippen LogP contribution in [0.1, 0.15) is 38.5 Å². The van der Waals surface area contributed by atoms with Gasteiger partial charge in [-0.25, -0.2) is 0 Å². The Bertz CT molecular complexity index is 1240. The van der Waals surface area contributed by atoms with E-state index in [2.05, 4.69) is 15.2 Å². The van der Waals surface area contributed by atoms with Crippen LogP contribution in [-0.4, -0.2) is 40.4 Å². The average Bonchev–Trinajstić information content (AvgIpc) is 3.02. The van der Waals surface area contributed by atoms with E-state index in [-0.39, 0.29) is 30.4 Å². The summed E-state index contributed by atoms with van der Waals surface area (Å²) in [6, 6.07) is 12.5. The van der Waals surface area contributed by atoms with Gasteiger partial charge in [0.25, 0.3) is 0 Å². The van der Waals surface area contributed by atoms with Crippen molar-refractivity contribution in [3.8, 4) is 28.6 Å². The third kappa shape index (κ3) is 4.28. The molecule has 1 amide bonds. The lowest BCUT2D eigenvalue weighted by Crippen LogP contribution is -2.37. The number of esters is 1. The summed E-state index contributed by atoms with van der Waals surface area (Å²) >= 11 is 1.32. The predicted octanol–water partition coefficient (Wildman–Crippen LogP) is 4.42. The molecule has 1 aliphatic heterocycles. The number of carbonyl (C=O) groups excluding carboxylic acids is 2. The second kappa shape index (κ2) is 10.1. The number of rotatable bonds is 6. The second-order valence-corrected chi connectivity index (χ2v) is 8.04. The standard InChI is InChI=1S/C24H24N4O5S/c1-5-18(29)28-16-12-8-7-10-14(16)20-22(25-24(34-4)27-26-20)33-23(28)15-11-9-13-17(31-3)21(15)32-19(30)6-2/h7-13,23H,5-6H2,1-4H3/t23-/m1/s1. The van der Waals surface area contributed by atoms with Crippen LogP contribution in [0.15, 0.2) is 47.6 Å². The summed E-state index contributed by atoms with van der Waals surface area (Å²) in [5.74, 6) is 0.110. The summed E-state index contributed by atoms with van der Waals surface area (Å²) in [5, 5.41) is 8.94. The van der Waals surface area contributed by atoms with Gasteiger partial charge in [-0.3, -0.25) is 14.5 Å². The summed E-state index contributed by atoms with van der Waals surface area (Å²) in [6.07, 6.45) is 1.22. The minimum atomic E-state index is -1.00. The summed E-state index contributed by atoms with van der Waals surface area (Å²) in [5.41, 5.74) is 2.10. The van der Waals surface area contributed by atoms with Crippen LogP contribution >= 0.6 is 11.8 Å². The number of amides is 1. The van der Waals surface area contributed by atoms with Crippen molar-refractivity contribution in [2.75, 3.05) is 18.3 Å². The van der Waals surface area contributed by atoms with Gasteiger partial charge in [-0.1, -0.05) is 49.9 Å². The summed E-state index contributed by atoms with van der Waals surface area (Å²) in [4.78, 5) is 31.7. The molecule has 0 spiro atoms. The molecule has 0 bridgehead atoms. The number of fused-ring (bicyclic) bond motifs is 3. The first kappa shape index (κ1) is 23.5. The number of benzene rings is 2. The Morgan fingerprint density at radius 2 is 1.88 bits per heavy atom. The Kier molecular flexibility index (Phi) is 6.97. The van der Waals surface area contributed by atoms with E-state index in [1.54, 1.807) is 32.0 Å². The number of para-hydroxylation sites is 2. The Hall–Kier alpha value is -3.66. The molecule has 1 aromatic heterocycles. The van der Waals surface area contributed by atoms with Crippen LogP contribution in [0.4, 0.5) is 5.69 Å². The zero-order chi connectivity index (χ0) is 24.2. The van der Waals surface area contributed by atoms with Crippen molar-refractivity contribution >= 4 is 29.3 Å². The Balaban J connectivity index is 2.00. The average molecular weight is 481 g/mol. The van der Waals surface area contributed by atoms with E-state index in [1.807, 2.05) is 30.5 Å². The normalized spacial score (nSPS) is 14.4. The first-order chi connectivity index (χ1) is 16.5. The second-order valence-electron chi connectivity index (χ2n) is 7.26. The SMILES string of the molecule is CCC(=O)Oc1c(OC)cccc1[C@H]1Oc2nc(SC)nnc2-c2ccccc2N1C(=O)CC. The maximum absolute atomic E-state index is 13.3. The quantitative estimate of drug-likeness (QED) is 0.288. The number of hydrogen-bond acceptors (Lipinski definition) is 9. The minimum absolute atomic E-state index is 0.167. The van der Waals surface area contributed by atoms with E-state index in [0.29, 0.717) is 33.4 Å². The molecule has 0 fully saturated rings. The van der Waals surface area contributed by atoms with Crippen LogP contribution in [0.2, 0.25) is 0 Å². The first-order valence-corrected chi connectivity index (χ1v) is 12.0. The highest BCUT2D eigenvalue weighted by Crippen LogP contribution is 2.46. The smallest absolute Gasteiger partial charge is 0.311 e. The van der Waals surface area contributed by atoms with Crippen LogP contribution in [-0.2, 0) is 9.59 Å². The van der Waals surface area contributed by atoms with Gasteiger partial charge in [0.05, 0.1) is 18.4 Å². The number of hydrogen-bond donors (Lipinski definition) is 0. The third-order valence-electron chi connectivity index (χ3n) is 5.27. The van der Waals surface area contributed by atoms with Gasteiger partial charge in [0.15, 0.2) is 17.2 Å². The molecule has 0 radical (unpaired) electrons. The molecule has 2 aromatic carbocycles. The largest absolute Gasteiger partial charge is 0.493 e. The van der Waals surface area contributed by atoms with Gasteiger partial charge in [0.2, 0.25) is 23.2 Å². The van der Waals surface area contributed by atoms with Crippen molar-refractivity contribution in [2.24, 2.45) is 0 Å². The van der Waals surface area contributed by atoms with Crippen LogP contribution in [0.5, 0.6) is 17.4 Å². The van der Waals surface area contributed by atoms with Gasteiger partial charge < -0.3 is 14.2 Å². The topological polar surface area (TPSA) is 104 Å². The van der Waals surface area contributed by atoms with Crippen molar-refractivity contribution in [3.63, 3.8) is 0 Å². The molecule has 34 heavy (non-hydrogen) atoms. The minimum Gasteiger partial charge on any atom is -0.493 e. The monoisotopic (exact) mass is 480 g/mol. The highest BCUT2D eigenvalue weighted by molar-refractivity contribution is 7.98. The first-order valence-electron chi connectivity index (χ1n) is 10.8. The van der Waals surface area contributed by atoms with Gasteiger partial charge in [0, 0.05) is 18.4 Å². The number of carbonyl (C=O) groups is 2. The number of anilines is 1. The number of aromatic nitrogens is 3. The number of methoxy groups -OCH3 is 1. The Labute approximate surface area is 201 Å². The molecule has 0 unspecified atom stereocenters. The summed E-state index contributed by atoms with van der Waals surface area (Å²) in [6.45, 7) is 3.47. The lowest BCUT2D eigenvalue weighted by Gasteiger charge is -2.31. The maximum atomic E-state index is 13.3. The van der Waals surface area contributed by atoms with Gasteiger partial charge in [-0.05, 0) is 24.5 Å². The number of nitrogens with zero attached hydrogens (tertiary/aromatic N) is 4. The molecule has 1 aliphatic rings. The highest BCUT2D eigenvalue weighted by Gasteiger charge is 2.37. The summed E-state index contributed by atoms with van der Waals surface area (Å²) < 4.78 is 17.5. The molecule has 0 saturated carbocycles. The van der Waals surface area contributed by atoms with Crippen molar-refractivity contribution in [1.82, 2.24) is 15.2 Å². The molecule has 10 heteroatoms.